The van der Waals surface area contributed by atoms with Gasteiger partial charge in [-0.25, -0.2) is 9.78 Å². The molecule has 2 heterocycles. The lowest BCUT2D eigenvalue weighted by molar-refractivity contribution is -0.137. The van der Waals surface area contributed by atoms with Crippen molar-refractivity contribution in [2.75, 3.05) is 19.7 Å². The van der Waals surface area contributed by atoms with Crippen LogP contribution in [0.4, 0.5) is 18.0 Å². The van der Waals surface area contributed by atoms with Gasteiger partial charge < -0.3 is 14.7 Å². The van der Waals surface area contributed by atoms with Gasteiger partial charge >= 0.3 is 12.3 Å². The molecule has 29 heavy (non-hydrogen) atoms. The summed E-state index contributed by atoms with van der Waals surface area (Å²) in [6.07, 6.45) is -4.25. The van der Waals surface area contributed by atoms with Crippen LogP contribution in [-0.2, 0) is 6.18 Å². The largest absolute Gasteiger partial charge is 0.478 e. The molecular formula is C19H17Cl2F3N2O3. The topological polar surface area (TPSA) is 62.7 Å². The summed E-state index contributed by atoms with van der Waals surface area (Å²) in [5, 5.41) is 10.1. The van der Waals surface area contributed by atoms with Crippen LogP contribution in [0.15, 0.2) is 36.5 Å². The number of amides is 1. The highest BCUT2D eigenvalue weighted by atomic mass is 35.5. The Morgan fingerprint density at radius 1 is 1.21 bits per heavy atom. The van der Waals surface area contributed by atoms with Crippen molar-refractivity contribution >= 4 is 29.3 Å². The molecule has 1 aromatic carbocycles. The average molecular weight is 449 g/mol. The molecule has 1 saturated heterocycles. The number of carboxylic acid groups (broad SMARTS) is 1. The molecule has 0 spiro atoms. The Morgan fingerprint density at radius 3 is 2.55 bits per heavy atom. The Labute approximate surface area is 175 Å². The van der Waals surface area contributed by atoms with E-state index in [1.54, 1.807) is 12.1 Å². The Bertz CT molecular complexity index is 878. The maximum Gasteiger partial charge on any atom is 0.417 e. The number of pyridine rings is 1. The summed E-state index contributed by atoms with van der Waals surface area (Å²) in [6.45, 7) is 0.828. The van der Waals surface area contributed by atoms with Gasteiger partial charge in [0.05, 0.1) is 22.2 Å². The molecule has 1 aromatic heterocycles. The molecule has 0 saturated carbocycles. The fourth-order valence-corrected chi connectivity index (χ4v) is 3.70. The minimum Gasteiger partial charge on any atom is -0.478 e. The van der Waals surface area contributed by atoms with Crippen LogP contribution in [0.25, 0.3) is 0 Å². The summed E-state index contributed by atoms with van der Waals surface area (Å²) in [4.78, 5) is 16.4. The molecule has 0 aliphatic carbocycles. The van der Waals surface area contributed by atoms with E-state index in [9.17, 15) is 23.1 Å². The second-order valence-electron chi connectivity index (χ2n) is 6.75. The third-order valence-corrected chi connectivity index (χ3v) is 5.62. The fourth-order valence-electron chi connectivity index (χ4n) is 3.39. The van der Waals surface area contributed by atoms with Crippen LogP contribution < -0.4 is 4.74 Å². The van der Waals surface area contributed by atoms with E-state index in [2.05, 4.69) is 4.98 Å². The number of aromatic nitrogens is 1. The van der Waals surface area contributed by atoms with Crippen LogP contribution in [0.5, 0.6) is 5.88 Å². The van der Waals surface area contributed by atoms with E-state index in [0.29, 0.717) is 29.6 Å². The molecule has 156 valence electrons. The van der Waals surface area contributed by atoms with E-state index in [-0.39, 0.29) is 24.3 Å². The first kappa shape index (κ1) is 21.5. The molecule has 3 rings (SSSR count). The Balaban J connectivity index is 1.65. The van der Waals surface area contributed by atoms with E-state index < -0.39 is 17.8 Å². The number of alkyl halides is 3. The number of hydrogen-bond donors (Lipinski definition) is 1. The van der Waals surface area contributed by atoms with Gasteiger partial charge in [0.1, 0.15) is 0 Å². The maximum atomic E-state index is 12.6. The van der Waals surface area contributed by atoms with Crippen molar-refractivity contribution in [2.45, 2.75) is 18.5 Å². The first-order chi connectivity index (χ1) is 13.6. The van der Waals surface area contributed by atoms with E-state index in [0.717, 1.165) is 23.9 Å². The van der Waals surface area contributed by atoms with Gasteiger partial charge in [0.2, 0.25) is 5.88 Å². The average Bonchev–Trinajstić information content (AvgIpc) is 3.08. The minimum atomic E-state index is -4.46. The smallest absolute Gasteiger partial charge is 0.417 e. The number of rotatable bonds is 5. The highest BCUT2D eigenvalue weighted by Crippen LogP contribution is 2.37. The standard InChI is InChI=1S/C19H17Cl2F3N2O3/c20-15-3-1-11(7-16(15)21)14-10-26(18(27)28)9-12(14)5-6-29-17-4-2-13(8-25-17)19(22,23)24/h1-4,7-8,12,14H,5-6,9-10H2,(H,27,28)/t12-,14-/m1/s1. The van der Waals surface area contributed by atoms with Crippen LogP contribution in [0.1, 0.15) is 23.5 Å². The van der Waals surface area contributed by atoms with Gasteiger partial charge in [-0.05, 0) is 36.1 Å². The van der Waals surface area contributed by atoms with Crippen molar-refractivity contribution in [3.05, 3.63) is 57.7 Å². The Kier molecular flexibility index (Phi) is 6.43. The number of nitrogens with zero attached hydrogens (tertiary/aromatic N) is 2. The molecule has 1 amide bonds. The van der Waals surface area contributed by atoms with Crippen molar-refractivity contribution in [3.63, 3.8) is 0 Å². The van der Waals surface area contributed by atoms with Crippen molar-refractivity contribution in [1.82, 2.24) is 9.88 Å². The molecule has 0 radical (unpaired) electrons. The lowest BCUT2D eigenvalue weighted by atomic mass is 9.87. The van der Waals surface area contributed by atoms with E-state index in [4.69, 9.17) is 27.9 Å². The molecule has 10 heteroatoms. The van der Waals surface area contributed by atoms with Crippen molar-refractivity contribution in [1.29, 1.82) is 0 Å². The number of hydrogen-bond acceptors (Lipinski definition) is 3. The molecule has 1 aliphatic heterocycles. The van der Waals surface area contributed by atoms with Gasteiger partial charge in [0.25, 0.3) is 0 Å². The SMILES string of the molecule is O=C(O)N1C[C@@H](CCOc2ccc(C(F)(F)F)cn2)[C@@H](c2ccc(Cl)c(Cl)c2)C1. The monoisotopic (exact) mass is 448 g/mol. The molecular weight excluding hydrogens is 432 g/mol. The molecule has 1 fully saturated rings. The molecule has 1 N–H and O–H groups in total. The quantitative estimate of drug-likeness (QED) is 0.649. The third-order valence-electron chi connectivity index (χ3n) is 4.89. The predicted octanol–water partition coefficient (Wildman–Crippen LogP) is 5.57. The van der Waals surface area contributed by atoms with Crippen molar-refractivity contribution in [3.8, 4) is 5.88 Å². The first-order valence-corrected chi connectivity index (χ1v) is 9.49. The van der Waals surface area contributed by atoms with Gasteiger partial charge in [-0.15, -0.1) is 0 Å². The van der Waals surface area contributed by atoms with Crippen LogP contribution in [0.3, 0.4) is 0 Å². The van der Waals surface area contributed by atoms with Gasteiger partial charge in [-0.2, -0.15) is 13.2 Å². The molecule has 1 aliphatic rings. The van der Waals surface area contributed by atoms with Crippen LogP contribution in [0, 0.1) is 5.92 Å². The summed E-state index contributed by atoms with van der Waals surface area (Å²) < 4.78 is 43.2. The fraction of sp³-hybridized carbons (Fsp3) is 0.368. The summed E-state index contributed by atoms with van der Waals surface area (Å²) in [5.74, 6) is -0.0556. The number of benzene rings is 1. The first-order valence-electron chi connectivity index (χ1n) is 8.74. The number of ether oxygens (including phenoxy) is 1. The Hall–Kier alpha value is -2.19. The van der Waals surface area contributed by atoms with Gasteiger partial charge in [-0.3, -0.25) is 0 Å². The third kappa shape index (κ3) is 5.25. The second kappa shape index (κ2) is 8.67. The van der Waals surface area contributed by atoms with E-state index in [1.807, 2.05) is 6.07 Å². The van der Waals surface area contributed by atoms with Crippen molar-refractivity contribution < 1.29 is 27.8 Å². The highest BCUT2D eigenvalue weighted by molar-refractivity contribution is 6.42. The minimum absolute atomic E-state index is 0.0437. The summed E-state index contributed by atoms with van der Waals surface area (Å²) in [7, 11) is 0. The zero-order chi connectivity index (χ0) is 21.2. The summed E-state index contributed by atoms with van der Waals surface area (Å²) in [6, 6.07) is 7.28. The van der Waals surface area contributed by atoms with E-state index >= 15 is 0 Å². The number of halogens is 5. The van der Waals surface area contributed by atoms with Crippen molar-refractivity contribution in [2.24, 2.45) is 5.92 Å². The second-order valence-corrected chi connectivity index (χ2v) is 7.56. The number of carbonyl (C=O) groups is 1. The molecule has 0 bridgehead atoms. The Morgan fingerprint density at radius 2 is 1.97 bits per heavy atom. The molecule has 5 nitrogen and oxygen atoms in total. The van der Waals surface area contributed by atoms with Crippen LogP contribution >= 0.6 is 23.2 Å². The summed E-state index contributed by atoms with van der Waals surface area (Å²) in [5.41, 5.74) is 0.0261. The number of likely N-dealkylation sites (tertiary alicyclic amines) is 1. The maximum absolute atomic E-state index is 12.6. The molecule has 0 unspecified atom stereocenters. The molecule has 2 atom stereocenters. The highest BCUT2D eigenvalue weighted by Gasteiger charge is 2.36. The van der Waals surface area contributed by atoms with E-state index in [1.165, 1.54) is 4.90 Å². The zero-order valence-electron chi connectivity index (χ0n) is 15.0. The van der Waals surface area contributed by atoms with Gasteiger partial charge in [0.15, 0.2) is 0 Å². The summed E-state index contributed by atoms with van der Waals surface area (Å²) >= 11 is 12.1. The normalized spacial score (nSPS) is 19.4. The van der Waals surface area contributed by atoms with Gasteiger partial charge in [-0.1, -0.05) is 29.3 Å². The lowest BCUT2D eigenvalue weighted by Gasteiger charge is -2.19. The van der Waals surface area contributed by atoms with Gasteiger partial charge in [0, 0.05) is 31.3 Å². The van der Waals surface area contributed by atoms with Crippen LogP contribution in [0.2, 0.25) is 10.0 Å². The predicted molar refractivity (Wildman–Crippen MR) is 102 cm³/mol. The lowest BCUT2D eigenvalue weighted by Crippen LogP contribution is -2.27. The zero-order valence-corrected chi connectivity index (χ0v) is 16.5. The van der Waals surface area contributed by atoms with Crippen LogP contribution in [-0.4, -0.2) is 40.8 Å². The molecule has 2 aromatic rings.